The Morgan fingerprint density at radius 1 is 1.07 bits per heavy atom. The number of anilines is 2. The van der Waals surface area contributed by atoms with Gasteiger partial charge < -0.3 is 10.2 Å². The summed E-state index contributed by atoms with van der Waals surface area (Å²) in [7, 11) is 0. The van der Waals surface area contributed by atoms with Gasteiger partial charge in [-0.3, -0.25) is 4.79 Å². The number of piperidine rings is 1. The number of aryl methyl sites for hydroxylation is 1. The molecule has 29 heavy (non-hydrogen) atoms. The fourth-order valence-corrected chi connectivity index (χ4v) is 3.76. The van der Waals surface area contributed by atoms with E-state index in [0.717, 1.165) is 48.7 Å². The van der Waals surface area contributed by atoms with Gasteiger partial charge >= 0.3 is 0 Å². The molecule has 2 aromatic carbocycles. The van der Waals surface area contributed by atoms with Gasteiger partial charge in [0.15, 0.2) is 0 Å². The van der Waals surface area contributed by atoms with Crippen LogP contribution in [0.3, 0.4) is 0 Å². The molecule has 0 spiro atoms. The number of hydrogen-bond acceptors (Lipinski definition) is 4. The molecule has 0 atom stereocenters. The van der Waals surface area contributed by atoms with E-state index in [1.54, 1.807) is 18.5 Å². The van der Waals surface area contributed by atoms with Crippen molar-refractivity contribution in [3.63, 3.8) is 0 Å². The highest BCUT2D eigenvalue weighted by atomic mass is 35.5. The third-order valence-electron chi connectivity index (χ3n) is 5.27. The molecule has 1 fully saturated rings. The van der Waals surface area contributed by atoms with Crippen LogP contribution in [-0.4, -0.2) is 29.0 Å². The van der Waals surface area contributed by atoms with Gasteiger partial charge in [-0.15, -0.1) is 0 Å². The SMILES string of the molecule is Cc1cccc(-c2cc(N3CCC(C(=O)Nc4ccc(Cl)cc4)CC3)ncn2)c1. The van der Waals surface area contributed by atoms with Crippen LogP contribution in [0.5, 0.6) is 0 Å². The van der Waals surface area contributed by atoms with E-state index < -0.39 is 0 Å². The van der Waals surface area contributed by atoms with Crippen LogP contribution >= 0.6 is 11.6 Å². The third-order valence-corrected chi connectivity index (χ3v) is 5.52. The van der Waals surface area contributed by atoms with Crippen LogP contribution in [-0.2, 0) is 4.79 Å². The van der Waals surface area contributed by atoms with Crippen molar-refractivity contribution >= 4 is 29.0 Å². The zero-order chi connectivity index (χ0) is 20.2. The lowest BCUT2D eigenvalue weighted by Crippen LogP contribution is -2.38. The molecule has 6 heteroatoms. The van der Waals surface area contributed by atoms with Crippen LogP contribution in [0.2, 0.25) is 5.02 Å². The van der Waals surface area contributed by atoms with E-state index in [-0.39, 0.29) is 11.8 Å². The van der Waals surface area contributed by atoms with E-state index in [4.69, 9.17) is 11.6 Å². The number of hydrogen-bond donors (Lipinski definition) is 1. The van der Waals surface area contributed by atoms with Gasteiger partial charge in [0.1, 0.15) is 12.1 Å². The Morgan fingerprint density at radius 3 is 2.55 bits per heavy atom. The Balaban J connectivity index is 1.39. The van der Waals surface area contributed by atoms with Gasteiger partial charge in [-0.2, -0.15) is 0 Å². The molecule has 1 amide bonds. The first-order valence-electron chi connectivity index (χ1n) is 9.79. The van der Waals surface area contributed by atoms with E-state index >= 15 is 0 Å². The first-order valence-corrected chi connectivity index (χ1v) is 10.2. The van der Waals surface area contributed by atoms with Gasteiger partial charge in [0.25, 0.3) is 0 Å². The van der Waals surface area contributed by atoms with Gasteiger partial charge in [0.2, 0.25) is 5.91 Å². The summed E-state index contributed by atoms with van der Waals surface area (Å²) in [5.41, 5.74) is 3.99. The average molecular weight is 407 g/mol. The van der Waals surface area contributed by atoms with Crippen molar-refractivity contribution in [3.8, 4) is 11.3 Å². The quantitative estimate of drug-likeness (QED) is 0.665. The van der Waals surface area contributed by atoms with E-state index in [1.165, 1.54) is 5.56 Å². The molecule has 5 nitrogen and oxygen atoms in total. The van der Waals surface area contributed by atoms with E-state index in [2.05, 4.69) is 45.3 Å². The molecule has 0 saturated carbocycles. The summed E-state index contributed by atoms with van der Waals surface area (Å²) < 4.78 is 0. The molecule has 0 bridgehead atoms. The molecule has 4 rings (SSSR count). The van der Waals surface area contributed by atoms with Crippen LogP contribution in [0.15, 0.2) is 60.9 Å². The Morgan fingerprint density at radius 2 is 1.83 bits per heavy atom. The van der Waals surface area contributed by atoms with Crippen LogP contribution in [0, 0.1) is 12.8 Å². The van der Waals surface area contributed by atoms with Gasteiger partial charge in [-0.05, 0) is 50.1 Å². The maximum atomic E-state index is 12.6. The van der Waals surface area contributed by atoms with Crippen molar-refractivity contribution in [2.24, 2.45) is 5.92 Å². The lowest BCUT2D eigenvalue weighted by atomic mass is 9.95. The highest BCUT2D eigenvalue weighted by Crippen LogP contribution is 2.26. The molecule has 1 aliphatic rings. The number of rotatable bonds is 4. The largest absolute Gasteiger partial charge is 0.356 e. The number of amides is 1. The summed E-state index contributed by atoms with van der Waals surface area (Å²) in [5, 5.41) is 3.65. The number of carbonyl (C=O) groups is 1. The predicted molar refractivity (Wildman–Crippen MR) is 117 cm³/mol. The van der Waals surface area contributed by atoms with Gasteiger partial charge in [-0.1, -0.05) is 35.4 Å². The summed E-state index contributed by atoms with van der Waals surface area (Å²) in [6.45, 7) is 3.66. The first-order chi connectivity index (χ1) is 14.1. The van der Waals surface area contributed by atoms with E-state index in [9.17, 15) is 4.79 Å². The molecule has 1 saturated heterocycles. The highest BCUT2D eigenvalue weighted by molar-refractivity contribution is 6.30. The zero-order valence-corrected chi connectivity index (χ0v) is 17.1. The summed E-state index contributed by atoms with van der Waals surface area (Å²) in [4.78, 5) is 23.7. The molecule has 0 unspecified atom stereocenters. The summed E-state index contributed by atoms with van der Waals surface area (Å²) in [5.74, 6) is 0.975. The number of halogens is 1. The standard InChI is InChI=1S/C23H23ClN4O/c1-16-3-2-4-18(13-16)21-14-22(26-15-25-21)28-11-9-17(10-12-28)23(29)27-20-7-5-19(24)6-8-20/h2-8,13-15,17H,9-12H2,1H3,(H,27,29). The second-order valence-corrected chi connectivity index (χ2v) is 7.82. The Hall–Kier alpha value is -2.92. The smallest absolute Gasteiger partial charge is 0.227 e. The summed E-state index contributed by atoms with van der Waals surface area (Å²) in [6.07, 6.45) is 3.21. The number of aromatic nitrogens is 2. The van der Waals surface area contributed by atoms with Crippen molar-refractivity contribution in [2.75, 3.05) is 23.3 Å². The Kier molecular flexibility index (Phi) is 5.76. The first kappa shape index (κ1) is 19.4. The van der Waals surface area contributed by atoms with Gasteiger partial charge in [0.05, 0.1) is 5.69 Å². The molecule has 0 radical (unpaired) electrons. The van der Waals surface area contributed by atoms with Crippen LogP contribution in [0.4, 0.5) is 11.5 Å². The molecule has 1 N–H and O–H groups in total. The number of nitrogens with one attached hydrogen (secondary N) is 1. The number of carbonyl (C=O) groups excluding carboxylic acids is 1. The van der Waals surface area contributed by atoms with Crippen molar-refractivity contribution in [2.45, 2.75) is 19.8 Å². The lowest BCUT2D eigenvalue weighted by molar-refractivity contribution is -0.120. The zero-order valence-electron chi connectivity index (χ0n) is 16.3. The molecule has 1 aliphatic heterocycles. The van der Waals surface area contributed by atoms with Crippen LogP contribution < -0.4 is 10.2 Å². The Labute approximate surface area is 175 Å². The van der Waals surface area contributed by atoms with E-state index in [0.29, 0.717) is 5.02 Å². The lowest BCUT2D eigenvalue weighted by Gasteiger charge is -2.32. The molecule has 1 aromatic heterocycles. The number of nitrogens with zero attached hydrogens (tertiary/aromatic N) is 3. The van der Waals surface area contributed by atoms with Gasteiger partial charge in [-0.25, -0.2) is 9.97 Å². The molecule has 148 valence electrons. The fraction of sp³-hybridized carbons (Fsp3) is 0.261. The summed E-state index contributed by atoms with van der Waals surface area (Å²) >= 11 is 5.90. The molecule has 3 aromatic rings. The number of benzene rings is 2. The Bertz CT molecular complexity index is 998. The van der Waals surface area contributed by atoms with Crippen LogP contribution in [0.1, 0.15) is 18.4 Å². The maximum absolute atomic E-state index is 12.6. The average Bonchev–Trinajstić information content (AvgIpc) is 2.75. The van der Waals surface area contributed by atoms with Crippen molar-refractivity contribution in [1.29, 1.82) is 0 Å². The summed E-state index contributed by atoms with van der Waals surface area (Å²) in [6, 6.07) is 17.5. The minimum atomic E-state index is 0.00000800. The third kappa shape index (κ3) is 4.74. The van der Waals surface area contributed by atoms with Crippen molar-refractivity contribution in [1.82, 2.24) is 9.97 Å². The predicted octanol–water partition coefficient (Wildman–Crippen LogP) is 4.96. The molecule has 0 aliphatic carbocycles. The monoisotopic (exact) mass is 406 g/mol. The normalized spacial score (nSPS) is 14.6. The molecular weight excluding hydrogens is 384 g/mol. The van der Waals surface area contributed by atoms with Gasteiger partial charge in [0, 0.05) is 41.3 Å². The second kappa shape index (κ2) is 8.62. The maximum Gasteiger partial charge on any atom is 0.227 e. The minimum absolute atomic E-state index is 0.00000800. The fourth-order valence-electron chi connectivity index (χ4n) is 3.63. The highest BCUT2D eigenvalue weighted by Gasteiger charge is 2.26. The minimum Gasteiger partial charge on any atom is -0.356 e. The van der Waals surface area contributed by atoms with Crippen molar-refractivity contribution in [3.05, 3.63) is 71.5 Å². The molecular formula is C23H23ClN4O. The topological polar surface area (TPSA) is 58.1 Å². The molecule has 2 heterocycles. The van der Waals surface area contributed by atoms with Crippen molar-refractivity contribution < 1.29 is 4.79 Å². The second-order valence-electron chi connectivity index (χ2n) is 7.39. The van der Waals surface area contributed by atoms with Crippen LogP contribution in [0.25, 0.3) is 11.3 Å². The van der Waals surface area contributed by atoms with E-state index in [1.807, 2.05) is 24.3 Å².